The third-order valence-electron chi connectivity index (χ3n) is 2.52. The van der Waals surface area contributed by atoms with Crippen molar-refractivity contribution < 1.29 is 19.0 Å². The second-order valence-electron chi connectivity index (χ2n) is 3.71. The van der Waals surface area contributed by atoms with E-state index in [1.54, 1.807) is 12.1 Å². The first-order valence-electron chi connectivity index (χ1n) is 5.82. The molecule has 0 saturated heterocycles. The van der Waals surface area contributed by atoms with Crippen LogP contribution in [-0.4, -0.2) is 39.7 Å². The van der Waals surface area contributed by atoms with Gasteiger partial charge < -0.3 is 19.5 Å². The quantitative estimate of drug-likeness (QED) is 0.616. The molecule has 0 spiro atoms. The van der Waals surface area contributed by atoms with Gasteiger partial charge in [-0.3, -0.25) is 4.79 Å². The van der Waals surface area contributed by atoms with Crippen LogP contribution in [0.2, 0.25) is 0 Å². The van der Waals surface area contributed by atoms with E-state index in [-0.39, 0.29) is 5.91 Å². The summed E-state index contributed by atoms with van der Waals surface area (Å²) in [6, 6.07) is 3.22. The Morgan fingerprint density at radius 2 is 1.74 bits per heavy atom. The highest BCUT2D eigenvalue weighted by molar-refractivity contribution is 6.17. The summed E-state index contributed by atoms with van der Waals surface area (Å²) in [5, 5.41) is 2.76. The molecule has 0 radical (unpaired) electrons. The summed E-state index contributed by atoms with van der Waals surface area (Å²) in [6.07, 6.45) is 0.720. The van der Waals surface area contributed by atoms with Crippen LogP contribution in [0.25, 0.3) is 0 Å². The molecular weight excluding hydrogens is 270 g/mol. The Kier molecular flexibility index (Phi) is 6.29. The van der Waals surface area contributed by atoms with Crippen molar-refractivity contribution in [1.82, 2.24) is 5.32 Å². The van der Waals surface area contributed by atoms with Crippen molar-refractivity contribution in [3.63, 3.8) is 0 Å². The van der Waals surface area contributed by atoms with E-state index in [2.05, 4.69) is 5.32 Å². The average molecular weight is 288 g/mol. The molecule has 0 heterocycles. The molecule has 106 valence electrons. The van der Waals surface area contributed by atoms with Gasteiger partial charge in [-0.2, -0.15) is 0 Å². The van der Waals surface area contributed by atoms with Crippen molar-refractivity contribution in [2.45, 2.75) is 6.42 Å². The first-order valence-corrected chi connectivity index (χ1v) is 6.35. The number of ether oxygens (including phenoxy) is 3. The Bertz CT molecular complexity index is 412. The van der Waals surface area contributed by atoms with E-state index in [1.165, 1.54) is 21.3 Å². The van der Waals surface area contributed by atoms with Gasteiger partial charge in [0.25, 0.3) is 5.91 Å². The molecule has 0 aliphatic heterocycles. The molecule has 0 aromatic heterocycles. The van der Waals surface area contributed by atoms with E-state index in [1.807, 2.05) is 0 Å². The van der Waals surface area contributed by atoms with Gasteiger partial charge in [0.15, 0.2) is 11.5 Å². The number of benzene rings is 1. The summed E-state index contributed by atoms with van der Waals surface area (Å²) >= 11 is 5.56. The van der Waals surface area contributed by atoms with Gasteiger partial charge in [-0.25, -0.2) is 0 Å². The van der Waals surface area contributed by atoms with Gasteiger partial charge in [0.05, 0.1) is 21.3 Å². The van der Waals surface area contributed by atoms with Crippen LogP contribution in [-0.2, 0) is 0 Å². The molecule has 1 aromatic carbocycles. The van der Waals surface area contributed by atoms with E-state index in [0.29, 0.717) is 35.2 Å². The monoisotopic (exact) mass is 287 g/mol. The van der Waals surface area contributed by atoms with Crippen molar-refractivity contribution >= 4 is 17.5 Å². The fourth-order valence-corrected chi connectivity index (χ4v) is 1.72. The van der Waals surface area contributed by atoms with Crippen molar-refractivity contribution in [1.29, 1.82) is 0 Å². The molecule has 0 bridgehead atoms. The first-order chi connectivity index (χ1) is 9.17. The summed E-state index contributed by atoms with van der Waals surface area (Å²) in [5.74, 6) is 1.66. The minimum Gasteiger partial charge on any atom is -0.493 e. The van der Waals surface area contributed by atoms with Crippen LogP contribution < -0.4 is 19.5 Å². The standard InChI is InChI=1S/C13H18ClNO4/c1-17-10-7-9(13(16)15-6-4-5-14)8-11(18-2)12(10)19-3/h7-8H,4-6H2,1-3H3,(H,15,16). The molecule has 1 amide bonds. The van der Waals surface area contributed by atoms with Gasteiger partial charge in [-0.05, 0) is 18.6 Å². The number of carbonyl (C=O) groups excluding carboxylic acids is 1. The molecule has 0 fully saturated rings. The molecule has 0 atom stereocenters. The fourth-order valence-electron chi connectivity index (χ4n) is 1.58. The zero-order valence-electron chi connectivity index (χ0n) is 11.3. The molecule has 0 aliphatic rings. The molecule has 0 aliphatic carbocycles. The second-order valence-corrected chi connectivity index (χ2v) is 4.09. The first kappa shape index (κ1) is 15.4. The highest BCUT2D eigenvalue weighted by Gasteiger charge is 2.16. The maximum absolute atomic E-state index is 11.9. The summed E-state index contributed by atoms with van der Waals surface area (Å²) in [5.41, 5.74) is 0.448. The highest BCUT2D eigenvalue weighted by atomic mass is 35.5. The van der Waals surface area contributed by atoms with Gasteiger partial charge in [-0.1, -0.05) is 0 Å². The predicted octanol–water partition coefficient (Wildman–Crippen LogP) is 2.07. The van der Waals surface area contributed by atoms with Crippen LogP contribution >= 0.6 is 11.6 Å². The molecular formula is C13H18ClNO4. The number of amides is 1. The van der Waals surface area contributed by atoms with Gasteiger partial charge in [0, 0.05) is 18.0 Å². The summed E-state index contributed by atoms with van der Waals surface area (Å²) in [4.78, 5) is 11.9. The normalized spacial score (nSPS) is 9.89. The van der Waals surface area contributed by atoms with Gasteiger partial charge in [0.1, 0.15) is 0 Å². The number of hydrogen-bond acceptors (Lipinski definition) is 4. The van der Waals surface area contributed by atoms with E-state index < -0.39 is 0 Å². The fraction of sp³-hybridized carbons (Fsp3) is 0.462. The van der Waals surface area contributed by atoms with Crippen LogP contribution in [0.5, 0.6) is 17.2 Å². The molecule has 0 unspecified atom stereocenters. The third kappa shape index (κ3) is 3.92. The lowest BCUT2D eigenvalue weighted by Crippen LogP contribution is -2.24. The van der Waals surface area contributed by atoms with E-state index in [9.17, 15) is 4.79 Å². The summed E-state index contributed by atoms with van der Waals surface area (Å²) in [6.45, 7) is 0.527. The van der Waals surface area contributed by atoms with E-state index in [0.717, 1.165) is 6.42 Å². The number of carbonyl (C=O) groups is 1. The molecule has 1 rings (SSSR count). The Hall–Kier alpha value is -1.62. The molecule has 6 heteroatoms. The molecule has 1 aromatic rings. The number of rotatable bonds is 7. The van der Waals surface area contributed by atoms with Crippen LogP contribution in [0, 0.1) is 0 Å². The van der Waals surface area contributed by atoms with E-state index >= 15 is 0 Å². The maximum atomic E-state index is 11.9. The lowest BCUT2D eigenvalue weighted by atomic mass is 10.1. The predicted molar refractivity (Wildman–Crippen MR) is 73.8 cm³/mol. The summed E-state index contributed by atoms with van der Waals surface area (Å²) < 4.78 is 15.6. The lowest BCUT2D eigenvalue weighted by Gasteiger charge is -2.14. The van der Waals surface area contributed by atoms with Crippen LogP contribution in [0.1, 0.15) is 16.8 Å². The topological polar surface area (TPSA) is 56.8 Å². The minimum absolute atomic E-state index is 0.204. The smallest absolute Gasteiger partial charge is 0.251 e. The second kappa shape index (κ2) is 7.74. The number of methoxy groups -OCH3 is 3. The molecule has 1 N–H and O–H groups in total. The SMILES string of the molecule is COc1cc(C(=O)NCCCCl)cc(OC)c1OC. The molecule has 5 nitrogen and oxygen atoms in total. The van der Waals surface area contributed by atoms with Gasteiger partial charge in [-0.15, -0.1) is 11.6 Å². The Morgan fingerprint density at radius 1 is 1.16 bits per heavy atom. The Morgan fingerprint density at radius 3 is 2.16 bits per heavy atom. The van der Waals surface area contributed by atoms with Crippen LogP contribution in [0.4, 0.5) is 0 Å². The van der Waals surface area contributed by atoms with E-state index in [4.69, 9.17) is 25.8 Å². The minimum atomic E-state index is -0.204. The Labute approximate surface area is 117 Å². The number of nitrogens with one attached hydrogen (secondary N) is 1. The lowest BCUT2D eigenvalue weighted by molar-refractivity contribution is 0.0953. The zero-order chi connectivity index (χ0) is 14.3. The number of hydrogen-bond donors (Lipinski definition) is 1. The van der Waals surface area contributed by atoms with Crippen molar-refractivity contribution in [3.8, 4) is 17.2 Å². The van der Waals surface area contributed by atoms with Crippen LogP contribution in [0.3, 0.4) is 0 Å². The van der Waals surface area contributed by atoms with Gasteiger partial charge >= 0.3 is 0 Å². The maximum Gasteiger partial charge on any atom is 0.251 e. The molecule has 0 saturated carbocycles. The van der Waals surface area contributed by atoms with Crippen molar-refractivity contribution in [2.75, 3.05) is 33.8 Å². The van der Waals surface area contributed by atoms with Crippen LogP contribution in [0.15, 0.2) is 12.1 Å². The largest absolute Gasteiger partial charge is 0.493 e. The number of halogens is 1. The molecule has 19 heavy (non-hydrogen) atoms. The average Bonchev–Trinajstić information content (AvgIpc) is 2.45. The van der Waals surface area contributed by atoms with Crippen molar-refractivity contribution in [3.05, 3.63) is 17.7 Å². The highest BCUT2D eigenvalue weighted by Crippen LogP contribution is 2.38. The van der Waals surface area contributed by atoms with Crippen molar-refractivity contribution in [2.24, 2.45) is 0 Å². The number of alkyl halides is 1. The third-order valence-corrected chi connectivity index (χ3v) is 2.79. The van der Waals surface area contributed by atoms with Gasteiger partial charge in [0.2, 0.25) is 5.75 Å². The summed E-state index contributed by atoms with van der Waals surface area (Å²) in [7, 11) is 4.53. The Balaban J connectivity index is 2.98. The zero-order valence-corrected chi connectivity index (χ0v) is 12.0.